The standard InChI is InChI=1S/C20H20N6O2/c1-25-11-21-19-17(25)20(27)26(12-22-19)10-16-23-18(24-28-16)15-8-7-14(9-15)13-5-3-2-4-6-13/h2-6,11-12,14-15H,7-10H2,1H3/t14-,15-/m1/s1. The fourth-order valence-electron chi connectivity index (χ4n) is 4.07. The molecule has 142 valence electrons. The summed E-state index contributed by atoms with van der Waals surface area (Å²) in [6, 6.07) is 10.6. The number of nitrogens with zero attached hydrogens (tertiary/aromatic N) is 6. The second kappa shape index (κ2) is 6.70. The Labute approximate surface area is 160 Å². The van der Waals surface area contributed by atoms with Crippen LogP contribution in [0.3, 0.4) is 0 Å². The van der Waals surface area contributed by atoms with Crippen LogP contribution in [0.1, 0.15) is 48.4 Å². The molecule has 0 spiro atoms. The maximum Gasteiger partial charge on any atom is 0.280 e. The molecular formula is C20H20N6O2. The van der Waals surface area contributed by atoms with Gasteiger partial charge in [0, 0.05) is 13.0 Å². The molecule has 5 rings (SSSR count). The number of hydrogen-bond acceptors (Lipinski definition) is 6. The van der Waals surface area contributed by atoms with Crippen molar-refractivity contribution >= 4 is 11.2 Å². The second-order valence-corrected chi connectivity index (χ2v) is 7.37. The highest BCUT2D eigenvalue weighted by molar-refractivity contribution is 5.68. The van der Waals surface area contributed by atoms with Gasteiger partial charge in [-0.1, -0.05) is 35.5 Å². The summed E-state index contributed by atoms with van der Waals surface area (Å²) >= 11 is 0. The molecule has 28 heavy (non-hydrogen) atoms. The maximum atomic E-state index is 12.6. The highest BCUT2D eigenvalue weighted by atomic mass is 16.5. The maximum absolute atomic E-state index is 12.6. The van der Waals surface area contributed by atoms with Gasteiger partial charge in [0.15, 0.2) is 17.0 Å². The Morgan fingerprint density at radius 1 is 1.11 bits per heavy atom. The summed E-state index contributed by atoms with van der Waals surface area (Å²) in [4.78, 5) is 25.5. The third-order valence-electron chi connectivity index (χ3n) is 5.56. The molecule has 3 heterocycles. The van der Waals surface area contributed by atoms with Gasteiger partial charge >= 0.3 is 0 Å². The summed E-state index contributed by atoms with van der Waals surface area (Å²) < 4.78 is 8.57. The van der Waals surface area contributed by atoms with Crippen molar-refractivity contribution in [3.05, 3.63) is 70.6 Å². The molecule has 1 fully saturated rings. The molecule has 8 heteroatoms. The molecule has 0 amide bonds. The van der Waals surface area contributed by atoms with Crippen LogP contribution in [0, 0.1) is 0 Å². The van der Waals surface area contributed by atoms with Crippen molar-refractivity contribution in [1.29, 1.82) is 0 Å². The molecule has 0 bridgehead atoms. The highest BCUT2D eigenvalue weighted by Crippen LogP contribution is 2.42. The molecule has 8 nitrogen and oxygen atoms in total. The SMILES string of the molecule is Cn1cnc2ncn(Cc3nc([C@@H]4CC[C@@H](c5ccccc5)C4)no3)c(=O)c21. The van der Waals surface area contributed by atoms with Gasteiger partial charge in [0.25, 0.3) is 5.56 Å². The zero-order valence-corrected chi connectivity index (χ0v) is 15.5. The molecule has 0 N–H and O–H groups in total. The molecule has 0 aliphatic heterocycles. The van der Waals surface area contributed by atoms with Crippen LogP contribution in [-0.2, 0) is 13.6 Å². The summed E-state index contributed by atoms with van der Waals surface area (Å²) in [5.41, 5.74) is 2.10. The minimum Gasteiger partial charge on any atom is -0.337 e. The molecule has 0 radical (unpaired) electrons. The first-order valence-electron chi connectivity index (χ1n) is 9.43. The van der Waals surface area contributed by atoms with E-state index in [1.165, 1.54) is 16.5 Å². The number of benzene rings is 1. The largest absolute Gasteiger partial charge is 0.337 e. The van der Waals surface area contributed by atoms with E-state index in [0.29, 0.717) is 23.0 Å². The number of fused-ring (bicyclic) bond motifs is 1. The topological polar surface area (TPSA) is 91.6 Å². The van der Waals surface area contributed by atoms with Gasteiger partial charge in [-0.15, -0.1) is 0 Å². The summed E-state index contributed by atoms with van der Waals surface area (Å²) in [5, 5.41) is 4.18. The van der Waals surface area contributed by atoms with Crippen molar-refractivity contribution in [2.45, 2.75) is 37.6 Å². The number of hydrogen-bond donors (Lipinski definition) is 0. The van der Waals surface area contributed by atoms with E-state index in [1.807, 2.05) is 6.07 Å². The predicted molar refractivity (Wildman–Crippen MR) is 102 cm³/mol. The van der Waals surface area contributed by atoms with Gasteiger partial charge < -0.3 is 9.09 Å². The molecule has 1 aliphatic carbocycles. The van der Waals surface area contributed by atoms with Crippen molar-refractivity contribution in [3.63, 3.8) is 0 Å². The van der Waals surface area contributed by atoms with Crippen LogP contribution in [0.4, 0.5) is 0 Å². The number of rotatable bonds is 4. The minimum absolute atomic E-state index is 0.172. The zero-order chi connectivity index (χ0) is 19.1. The van der Waals surface area contributed by atoms with Gasteiger partial charge in [0.2, 0.25) is 5.89 Å². The van der Waals surface area contributed by atoms with Gasteiger partial charge in [-0.05, 0) is 30.7 Å². The lowest BCUT2D eigenvalue weighted by Crippen LogP contribution is -2.22. The third-order valence-corrected chi connectivity index (χ3v) is 5.56. The molecule has 3 aromatic heterocycles. The molecule has 4 aromatic rings. The Kier molecular flexibility index (Phi) is 4.03. The van der Waals surface area contributed by atoms with Crippen LogP contribution in [0.5, 0.6) is 0 Å². The van der Waals surface area contributed by atoms with Gasteiger partial charge in [-0.25, -0.2) is 9.97 Å². The summed E-state index contributed by atoms with van der Waals surface area (Å²) in [6.45, 7) is 0.203. The van der Waals surface area contributed by atoms with Crippen molar-refractivity contribution in [3.8, 4) is 0 Å². The molecule has 1 aromatic carbocycles. The zero-order valence-electron chi connectivity index (χ0n) is 15.5. The summed E-state index contributed by atoms with van der Waals surface area (Å²) in [5.74, 6) is 1.98. The number of aromatic nitrogens is 6. The van der Waals surface area contributed by atoms with Crippen LogP contribution < -0.4 is 5.56 Å². The van der Waals surface area contributed by atoms with Crippen molar-refractivity contribution in [2.75, 3.05) is 0 Å². The molecule has 1 saturated carbocycles. The van der Waals surface area contributed by atoms with Gasteiger partial charge in [0.1, 0.15) is 12.9 Å². The summed E-state index contributed by atoms with van der Waals surface area (Å²) in [6.07, 6.45) is 6.24. The molecule has 0 unspecified atom stereocenters. The Balaban J connectivity index is 1.34. The van der Waals surface area contributed by atoms with Crippen LogP contribution in [0.25, 0.3) is 11.2 Å². The molecule has 1 aliphatic rings. The lowest BCUT2D eigenvalue weighted by molar-refractivity contribution is 0.361. The first-order chi connectivity index (χ1) is 13.7. The highest BCUT2D eigenvalue weighted by Gasteiger charge is 2.30. The Bertz CT molecular complexity index is 1180. The average Bonchev–Trinajstić information content (AvgIpc) is 3.45. The van der Waals surface area contributed by atoms with E-state index in [4.69, 9.17) is 4.52 Å². The summed E-state index contributed by atoms with van der Waals surface area (Å²) in [7, 11) is 1.77. The lowest BCUT2D eigenvalue weighted by Gasteiger charge is -2.09. The monoisotopic (exact) mass is 376 g/mol. The first kappa shape index (κ1) is 16.9. The first-order valence-corrected chi connectivity index (χ1v) is 9.43. The third kappa shape index (κ3) is 2.90. The molecule has 2 atom stereocenters. The van der Waals surface area contributed by atoms with E-state index in [9.17, 15) is 4.79 Å². The number of aryl methyl sites for hydroxylation is 1. The fourth-order valence-corrected chi connectivity index (χ4v) is 4.07. The van der Waals surface area contributed by atoms with Gasteiger partial charge in [-0.3, -0.25) is 9.36 Å². The molecular weight excluding hydrogens is 356 g/mol. The Hall–Kier alpha value is -3.29. The van der Waals surface area contributed by atoms with E-state index in [2.05, 4.69) is 44.4 Å². The van der Waals surface area contributed by atoms with Crippen LogP contribution in [0.2, 0.25) is 0 Å². The Morgan fingerprint density at radius 2 is 1.89 bits per heavy atom. The normalized spacial score (nSPS) is 19.5. The Morgan fingerprint density at radius 3 is 2.75 bits per heavy atom. The fraction of sp³-hybridized carbons (Fsp3) is 0.350. The lowest BCUT2D eigenvalue weighted by atomic mass is 9.96. The number of imidazole rings is 1. The molecule has 0 saturated heterocycles. The van der Waals surface area contributed by atoms with Crippen LogP contribution >= 0.6 is 0 Å². The van der Waals surface area contributed by atoms with Crippen molar-refractivity contribution in [2.24, 2.45) is 7.05 Å². The van der Waals surface area contributed by atoms with Gasteiger partial charge in [0.05, 0.1) is 6.33 Å². The van der Waals surface area contributed by atoms with E-state index < -0.39 is 0 Å². The van der Waals surface area contributed by atoms with Crippen molar-refractivity contribution < 1.29 is 4.52 Å². The van der Waals surface area contributed by atoms with Crippen LogP contribution in [-0.4, -0.2) is 29.2 Å². The predicted octanol–water partition coefficient (Wildman–Crippen LogP) is 2.61. The average molecular weight is 376 g/mol. The minimum atomic E-state index is -0.172. The van der Waals surface area contributed by atoms with Crippen LogP contribution in [0.15, 0.2) is 52.3 Å². The quantitative estimate of drug-likeness (QED) is 0.544. The van der Waals surface area contributed by atoms with E-state index in [0.717, 1.165) is 25.1 Å². The van der Waals surface area contributed by atoms with Gasteiger partial charge in [-0.2, -0.15) is 4.98 Å². The van der Waals surface area contributed by atoms with E-state index in [-0.39, 0.29) is 18.0 Å². The second-order valence-electron chi connectivity index (χ2n) is 7.37. The smallest absolute Gasteiger partial charge is 0.280 e. The van der Waals surface area contributed by atoms with E-state index >= 15 is 0 Å². The van der Waals surface area contributed by atoms with E-state index in [1.54, 1.807) is 17.9 Å². The van der Waals surface area contributed by atoms with Crippen molar-refractivity contribution in [1.82, 2.24) is 29.2 Å².